The highest BCUT2D eigenvalue weighted by molar-refractivity contribution is 6.05. The van der Waals surface area contributed by atoms with Crippen molar-refractivity contribution >= 4 is 23.3 Å². The molecule has 0 spiro atoms. The number of carbonyl (C=O) groups is 2. The van der Waals surface area contributed by atoms with Gasteiger partial charge in [0.1, 0.15) is 0 Å². The number of nitrogens with two attached hydrogens (primary N) is 3. The first-order chi connectivity index (χ1) is 14.8. The van der Waals surface area contributed by atoms with E-state index in [9.17, 15) is 19.8 Å². The summed E-state index contributed by atoms with van der Waals surface area (Å²) in [5.74, 6) is -2.27. The van der Waals surface area contributed by atoms with Crippen molar-refractivity contribution in [2.24, 2.45) is 11.7 Å². The SMILES string of the molecule is CCCCCCCCCCC(C)Cc1c(C(=O)O)c(N)c(N)c(CCCN)c1C(=O)O. The largest absolute Gasteiger partial charge is 0.478 e. The molecule has 7 heteroatoms. The predicted octanol–water partition coefficient (Wildman–Crippen LogP) is 4.85. The van der Waals surface area contributed by atoms with E-state index in [0.717, 1.165) is 19.3 Å². The minimum Gasteiger partial charge on any atom is -0.478 e. The zero-order chi connectivity index (χ0) is 23.4. The Morgan fingerprint density at radius 3 is 1.87 bits per heavy atom. The Balaban J connectivity index is 2.97. The van der Waals surface area contributed by atoms with Crippen LogP contribution in [0, 0.1) is 5.92 Å². The predicted molar refractivity (Wildman–Crippen MR) is 127 cm³/mol. The molecular weight excluding hydrogens is 394 g/mol. The van der Waals surface area contributed by atoms with E-state index in [2.05, 4.69) is 6.92 Å². The van der Waals surface area contributed by atoms with Gasteiger partial charge in [-0.25, -0.2) is 9.59 Å². The summed E-state index contributed by atoms with van der Waals surface area (Å²) < 4.78 is 0. The van der Waals surface area contributed by atoms with Gasteiger partial charge in [0.2, 0.25) is 0 Å². The molecular formula is C24H41N3O4. The van der Waals surface area contributed by atoms with Gasteiger partial charge < -0.3 is 27.4 Å². The molecule has 0 heterocycles. The topological polar surface area (TPSA) is 153 Å². The first-order valence-electron chi connectivity index (χ1n) is 11.6. The summed E-state index contributed by atoms with van der Waals surface area (Å²) in [6, 6.07) is 0. The van der Waals surface area contributed by atoms with E-state index in [4.69, 9.17) is 17.2 Å². The van der Waals surface area contributed by atoms with Gasteiger partial charge in [0.25, 0.3) is 0 Å². The van der Waals surface area contributed by atoms with Crippen molar-refractivity contribution in [1.82, 2.24) is 0 Å². The molecule has 0 radical (unpaired) electrons. The van der Waals surface area contributed by atoms with Crippen LogP contribution < -0.4 is 17.2 Å². The van der Waals surface area contributed by atoms with Crippen molar-refractivity contribution in [2.45, 2.75) is 90.9 Å². The second-order valence-corrected chi connectivity index (χ2v) is 8.61. The summed E-state index contributed by atoms with van der Waals surface area (Å²) in [7, 11) is 0. The van der Waals surface area contributed by atoms with Crippen molar-refractivity contribution in [3.05, 3.63) is 22.3 Å². The number of aromatic carboxylic acids is 2. The van der Waals surface area contributed by atoms with Gasteiger partial charge in [-0.1, -0.05) is 71.6 Å². The lowest BCUT2D eigenvalue weighted by atomic mass is 9.84. The second-order valence-electron chi connectivity index (χ2n) is 8.61. The highest BCUT2D eigenvalue weighted by Crippen LogP contribution is 2.35. The number of hydrogen-bond donors (Lipinski definition) is 5. The fourth-order valence-electron chi connectivity index (χ4n) is 4.22. The molecule has 0 aromatic heterocycles. The Morgan fingerprint density at radius 2 is 1.35 bits per heavy atom. The van der Waals surface area contributed by atoms with E-state index in [-0.39, 0.29) is 34.0 Å². The summed E-state index contributed by atoms with van der Waals surface area (Å²) in [6.45, 7) is 4.62. The first-order valence-corrected chi connectivity index (χ1v) is 11.6. The van der Waals surface area contributed by atoms with Crippen molar-refractivity contribution < 1.29 is 19.8 Å². The van der Waals surface area contributed by atoms with Gasteiger partial charge in [-0.2, -0.15) is 0 Å². The Labute approximate surface area is 186 Å². The molecule has 7 nitrogen and oxygen atoms in total. The molecule has 1 aromatic rings. The monoisotopic (exact) mass is 435 g/mol. The van der Waals surface area contributed by atoms with Crippen LogP contribution in [0.5, 0.6) is 0 Å². The number of carboxylic acid groups (broad SMARTS) is 2. The van der Waals surface area contributed by atoms with Gasteiger partial charge in [-0.3, -0.25) is 0 Å². The van der Waals surface area contributed by atoms with Crippen molar-refractivity contribution in [2.75, 3.05) is 18.0 Å². The zero-order valence-corrected chi connectivity index (χ0v) is 19.2. The van der Waals surface area contributed by atoms with Gasteiger partial charge in [0.05, 0.1) is 22.5 Å². The number of anilines is 2. The highest BCUT2D eigenvalue weighted by Gasteiger charge is 2.28. The summed E-state index contributed by atoms with van der Waals surface area (Å²) in [4.78, 5) is 24.0. The van der Waals surface area contributed by atoms with Crippen LogP contribution in [0.25, 0.3) is 0 Å². The van der Waals surface area contributed by atoms with E-state index in [1.165, 1.54) is 38.5 Å². The quantitative estimate of drug-likeness (QED) is 0.184. The molecule has 31 heavy (non-hydrogen) atoms. The highest BCUT2D eigenvalue weighted by atomic mass is 16.4. The maximum absolute atomic E-state index is 12.1. The fraction of sp³-hybridized carbons (Fsp3) is 0.667. The molecule has 1 unspecified atom stereocenters. The Hall–Kier alpha value is -2.28. The van der Waals surface area contributed by atoms with E-state index in [1.807, 2.05) is 6.92 Å². The zero-order valence-electron chi connectivity index (χ0n) is 19.2. The normalized spacial score (nSPS) is 12.1. The van der Waals surface area contributed by atoms with Gasteiger partial charge in [-0.05, 0) is 42.9 Å². The summed E-state index contributed by atoms with van der Waals surface area (Å²) >= 11 is 0. The third kappa shape index (κ3) is 8.05. The summed E-state index contributed by atoms with van der Waals surface area (Å²) in [6.07, 6.45) is 11.9. The van der Waals surface area contributed by atoms with E-state index in [1.54, 1.807) is 0 Å². The number of benzene rings is 1. The van der Waals surface area contributed by atoms with Crippen LogP contribution in [0.1, 0.15) is 110 Å². The fourth-order valence-corrected chi connectivity index (χ4v) is 4.22. The number of carboxylic acids is 2. The Morgan fingerprint density at radius 1 is 0.806 bits per heavy atom. The maximum atomic E-state index is 12.1. The first kappa shape index (κ1) is 26.8. The Kier molecular flexibility index (Phi) is 12.0. The number of hydrogen-bond acceptors (Lipinski definition) is 5. The lowest BCUT2D eigenvalue weighted by Gasteiger charge is -2.22. The average Bonchev–Trinajstić information content (AvgIpc) is 2.70. The van der Waals surface area contributed by atoms with Gasteiger partial charge in [0.15, 0.2) is 0 Å². The molecule has 0 fully saturated rings. The molecule has 0 bridgehead atoms. The number of nitrogen functional groups attached to an aromatic ring is 2. The average molecular weight is 436 g/mol. The molecule has 0 aliphatic heterocycles. The minimum absolute atomic E-state index is 0.0136. The maximum Gasteiger partial charge on any atom is 0.338 e. The third-order valence-electron chi connectivity index (χ3n) is 5.95. The molecule has 1 atom stereocenters. The van der Waals surface area contributed by atoms with Crippen molar-refractivity contribution in [3.63, 3.8) is 0 Å². The number of rotatable bonds is 16. The molecule has 1 rings (SSSR count). The summed E-state index contributed by atoms with van der Waals surface area (Å²) in [5, 5.41) is 19.6. The van der Waals surface area contributed by atoms with E-state index >= 15 is 0 Å². The van der Waals surface area contributed by atoms with Crippen LogP contribution in [0.15, 0.2) is 0 Å². The van der Waals surface area contributed by atoms with Gasteiger partial charge >= 0.3 is 11.9 Å². The van der Waals surface area contributed by atoms with Crippen LogP contribution in [-0.4, -0.2) is 28.7 Å². The van der Waals surface area contributed by atoms with Crippen LogP contribution >= 0.6 is 0 Å². The molecule has 0 aliphatic rings. The van der Waals surface area contributed by atoms with Crippen molar-refractivity contribution in [1.29, 1.82) is 0 Å². The lowest BCUT2D eigenvalue weighted by Crippen LogP contribution is -2.20. The lowest BCUT2D eigenvalue weighted by molar-refractivity contribution is 0.0694. The molecule has 176 valence electrons. The van der Waals surface area contributed by atoms with Crippen LogP contribution in [0.3, 0.4) is 0 Å². The second kappa shape index (κ2) is 13.9. The minimum atomic E-state index is -1.24. The van der Waals surface area contributed by atoms with E-state index < -0.39 is 11.9 Å². The van der Waals surface area contributed by atoms with Crippen LogP contribution in [-0.2, 0) is 12.8 Å². The third-order valence-corrected chi connectivity index (χ3v) is 5.95. The molecule has 0 aliphatic carbocycles. The van der Waals surface area contributed by atoms with Gasteiger partial charge in [-0.15, -0.1) is 0 Å². The van der Waals surface area contributed by atoms with Gasteiger partial charge in [0, 0.05) is 0 Å². The molecule has 8 N–H and O–H groups in total. The van der Waals surface area contributed by atoms with Crippen LogP contribution in [0.2, 0.25) is 0 Å². The molecule has 0 amide bonds. The molecule has 0 saturated carbocycles. The summed E-state index contributed by atoms with van der Waals surface area (Å²) in [5.41, 5.74) is 18.2. The van der Waals surface area contributed by atoms with Crippen molar-refractivity contribution in [3.8, 4) is 0 Å². The number of unbranched alkanes of at least 4 members (excludes halogenated alkanes) is 7. The smallest absolute Gasteiger partial charge is 0.338 e. The van der Waals surface area contributed by atoms with Crippen LogP contribution in [0.4, 0.5) is 11.4 Å². The molecule has 0 saturated heterocycles. The Bertz CT molecular complexity index is 734. The van der Waals surface area contributed by atoms with E-state index in [0.29, 0.717) is 31.4 Å². The molecule has 1 aromatic carbocycles. The standard InChI is InChI=1S/C24H41N3O4/c1-3-4-5-6-7-8-9-10-12-16(2)15-18-19(23(28)29)17(13-11-14-25)21(26)22(27)20(18)24(30)31/h16H,3-15,25-27H2,1-2H3,(H,28,29)(H,30,31).